The molecule has 0 spiro atoms. The Bertz CT molecular complexity index is 399. The second-order valence-corrected chi connectivity index (χ2v) is 5.02. The Balaban J connectivity index is 2.28. The molecule has 3 heteroatoms. The third-order valence-electron chi connectivity index (χ3n) is 3.38. The fraction of sp³-hybridized carbons (Fsp3) is 0.562. The van der Waals surface area contributed by atoms with Gasteiger partial charge < -0.3 is 10.2 Å². The predicted molar refractivity (Wildman–Crippen MR) is 76.8 cm³/mol. The van der Waals surface area contributed by atoms with Crippen molar-refractivity contribution >= 4 is 5.97 Å². The zero-order chi connectivity index (χ0) is 14.1. The summed E-state index contributed by atoms with van der Waals surface area (Å²) < 4.78 is 0. The lowest BCUT2D eigenvalue weighted by Crippen LogP contribution is -1.97. The summed E-state index contributed by atoms with van der Waals surface area (Å²) >= 11 is 0. The van der Waals surface area contributed by atoms with Gasteiger partial charge in [0.1, 0.15) is 5.75 Å². The van der Waals surface area contributed by atoms with Crippen molar-refractivity contribution in [3.05, 3.63) is 29.3 Å². The zero-order valence-electron chi connectivity index (χ0n) is 11.7. The normalized spacial score (nSPS) is 10.6. The van der Waals surface area contributed by atoms with E-state index in [9.17, 15) is 9.90 Å². The fourth-order valence-electron chi connectivity index (χ4n) is 2.18. The summed E-state index contributed by atoms with van der Waals surface area (Å²) in [6, 6.07) is 4.60. The van der Waals surface area contributed by atoms with Crippen molar-refractivity contribution in [2.75, 3.05) is 0 Å². The van der Waals surface area contributed by atoms with Crippen molar-refractivity contribution in [3.63, 3.8) is 0 Å². The number of unbranched alkanes of at least 4 members (excludes halogenated alkanes) is 6. The summed E-state index contributed by atoms with van der Waals surface area (Å²) in [5.41, 5.74) is 0.986. The van der Waals surface area contributed by atoms with E-state index in [1.165, 1.54) is 44.6 Å². The summed E-state index contributed by atoms with van der Waals surface area (Å²) in [6.45, 7) is 2.21. The Kier molecular flexibility index (Phi) is 7.01. The molecule has 0 aliphatic heterocycles. The molecule has 0 unspecified atom stereocenters. The maximum atomic E-state index is 10.7. The Hall–Kier alpha value is -1.51. The second kappa shape index (κ2) is 8.57. The van der Waals surface area contributed by atoms with Crippen molar-refractivity contribution in [3.8, 4) is 5.75 Å². The molecule has 0 saturated carbocycles. The van der Waals surface area contributed by atoms with E-state index >= 15 is 0 Å². The van der Waals surface area contributed by atoms with E-state index in [1.807, 2.05) is 0 Å². The van der Waals surface area contributed by atoms with Crippen LogP contribution in [0.1, 0.15) is 67.8 Å². The van der Waals surface area contributed by atoms with Gasteiger partial charge in [-0.3, -0.25) is 0 Å². The van der Waals surface area contributed by atoms with Crippen LogP contribution in [0.4, 0.5) is 0 Å². The largest absolute Gasteiger partial charge is 0.508 e. The first-order valence-corrected chi connectivity index (χ1v) is 7.20. The van der Waals surface area contributed by atoms with Gasteiger partial charge in [-0.05, 0) is 30.5 Å². The first-order valence-electron chi connectivity index (χ1n) is 7.20. The van der Waals surface area contributed by atoms with Crippen molar-refractivity contribution in [2.45, 2.75) is 58.3 Å². The van der Waals surface area contributed by atoms with E-state index in [2.05, 4.69) is 6.92 Å². The molecule has 1 aromatic carbocycles. The molecule has 106 valence electrons. The van der Waals surface area contributed by atoms with E-state index in [-0.39, 0.29) is 11.3 Å². The van der Waals surface area contributed by atoms with Crippen LogP contribution >= 0.6 is 0 Å². The minimum Gasteiger partial charge on any atom is -0.508 e. The van der Waals surface area contributed by atoms with Gasteiger partial charge in [-0.2, -0.15) is 0 Å². The van der Waals surface area contributed by atoms with Crippen LogP contribution in [0, 0.1) is 0 Å². The average molecular weight is 264 g/mol. The van der Waals surface area contributed by atoms with E-state index < -0.39 is 5.97 Å². The van der Waals surface area contributed by atoms with Gasteiger partial charge in [0.25, 0.3) is 0 Å². The minimum atomic E-state index is -1.00. The van der Waals surface area contributed by atoms with Gasteiger partial charge >= 0.3 is 5.97 Å². The predicted octanol–water partition coefficient (Wildman–Crippen LogP) is 4.38. The molecule has 0 saturated heterocycles. The Morgan fingerprint density at radius 2 is 1.68 bits per heavy atom. The number of rotatable bonds is 9. The zero-order valence-corrected chi connectivity index (χ0v) is 11.7. The highest BCUT2D eigenvalue weighted by Gasteiger charge is 2.07. The molecule has 0 bridgehead atoms. The van der Waals surface area contributed by atoms with Crippen molar-refractivity contribution in [1.82, 2.24) is 0 Å². The van der Waals surface area contributed by atoms with E-state index in [4.69, 9.17) is 5.11 Å². The third-order valence-corrected chi connectivity index (χ3v) is 3.38. The molecule has 0 fully saturated rings. The molecule has 0 aliphatic rings. The second-order valence-electron chi connectivity index (χ2n) is 5.02. The number of benzene rings is 1. The van der Waals surface area contributed by atoms with Crippen LogP contribution in [0.5, 0.6) is 5.75 Å². The number of carbonyl (C=O) groups is 1. The lowest BCUT2D eigenvalue weighted by atomic mass is 10.0. The van der Waals surface area contributed by atoms with Crippen LogP contribution in [-0.4, -0.2) is 16.2 Å². The van der Waals surface area contributed by atoms with Crippen LogP contribution in [-0.2, 0) is 6.42 Å². The highest BCUT2D eigenvalue weighted by molar-refractivity contribution is 5.88. The molecule has 2 N–H and O–H groups in total. The number of hydrogen-bond donors (Lipinski definition) is 2. The molecule has 1 rings (SSSR count). The molecular formula is C16H24O3. The quantitative estimate of drug-likeness (QED) is 0.650. The van der Waals surface area contributed by atoms with Crippen molar-refractivity contribution in [1.29, 1.82) is 0 Å². The van der Waals surface area contributed by atoms with Crippen LogP contribution in [0.3, 0.4) is 0 Å². The number of phenolic OH excluding ortho intramolecular Hbond substituents is 1. The van der Waals surface area contributed by atoms with Crippen LogP contribution in [0.25, 0.3) is 0 Å². The third kappa shape index (κ3) is 5.77. The van der Waals surface area contributed by atoms with Crippen LogP contribution < -0.4 is 0 Å². The highest BCUT2D eigenvalue weighted by atomic mass is 16.4. The molecule has 0 aromatic heterocycles. The molecule has 0 aliphatic carbocycles. The molecule has 0 atom stereocenters. The molecule has 0 radical (unpaired) electrons. The maximum absolute atomic E-state index is 10.7. The molecule has 3 nitrogen and oxygen atoms in total. The number of aryl methyl sites for hydroxylation is 1. The lowest BCUT2D eigenvalue weighted by molar-refractivity contribution is 0.0696. The number of aromatic carboxylic acids is 1. The number of phenols is 1. The van der Waals surface area contributed by atoms with Gasteiger partial charge in [0.2, 0.25) is 0 Å². The molecule has 19 heavy (non-hydrogen) atoms. The molecule has 1 aromatic rings. The summed E-state index contributed by atoms with van der Waals surface area (Å²) in [5, 5.41) is 18.6. The lowest BCUT2D eigenvalue weighted by Gasteiger charge is -2.06. The van der Waals surface area contributed by atoms with E-state index in [0.29, 0.717) is 0 Å². The van der Waals surface area contributed by atoms with Gasteiger partial charge in [0, 0.05) is 0 Å². The SMILES string of the molecule is CCCCCCCCCc1ccc(C(=O)O)cc1O. The van der Waals surface area contributed by atoms with Gasteiger partial charge in [0.15, 0.2) is 0 Å². The minimum absolute atomic E-state index is 0.103. The standard InChI is InChI=1S/C16H24O3/c1-2-3-4-5-6-7-8-9-13-10-11-14(16(18)19)12-15(13)17/h10-12,17H,2-9H2,1H3,(H,18,19). The van der Waals surface area contributed by atoms with Crippen molar-refractivity contribution in [2.24, 2.45) is 0 Å². The first kappa shape index (κ1) is 15.5. The Morgan fingerprint density at radius 3 is 2.26 bits per heavy atom. The van der Waals surface area contributed by atoms with Gasteiger partial charge in [-0.15, -0.1) is 0 Å². The van der Waals surface area contributed by atoms with Crippen LogP contribution in [0.15, 0.2) is 18.2 Å². The van der Waals surface area contributed by atoms with E-state index in [1.54, 1.807) is 12.1 Å². The maximum Gasteiger partial charge on any atom is 0.335 e. The summed E-state index contributed by atoms with van der Waals surface area (Å²) in [7, 11) is 0. The Morgan fingerprint density at radius 1 is 1.05 bits per heavy atom. The molecule has 0 amide bonds. The molecular weight excluding hydrogens is 240 g/mol. The number of aromatic hydroxyl groups is 1. The van der Waals surface area contributed by atoms with Gasteiger partial charge in [-0.1, -0.05) is 51.5 Å². The van der Waals surface area contributed by atoms with Crippen molar-refractivity contribution < 1.29 is 15.0 Å². The van der Waals surface area contributed by atoms with Gasteiger partial charge in [0.05, 0.1) is 5.56 Å². The topological polar surface area (TPSA) is 57.5 Å². The summed E-state index contributed by atoms with van der Waals surface area (Å²) in [4.78, 5) is 10.7. The number of carboxylic acid groups (broad SMARTS) is 1. The fourth-order valence-corrected chi connectivity index (χ4v) is 2.18. The Labute approximate surface area is 115 Å². The average Bonchev–Trinajstić information content (AvgIpc) is 2.39. The molecule has 0 heterocycles. The summed E-state index contributed by atoms with van der Waals surface area (Å²) in [6.07, 6.45) is 9.47. The number of hydrogen-bond acceptors (Lipinski definition) is 2. The first-order chi connectivity index (χ1) is 9.15. The summed E-state index contributed by atoms with van der Waals surface area (Å²) in [5.74, 6) is -0.899. The monoisotopic (exact) mass is 264 g/mol. The highest BCUT2D eigenvalue weighted by Crippen LogP contribution is 2.21. The van der Waals surface area contributed by atoms with Crippen LogP contribution in [0.2, 0.25) is 0 Å². The smallest absolute Gasteiger partial charge is 0.335 e. The van der Waals surface area contributed by atoms with Gasteiger partial charge in [-0.25, -0.2) is 4.79 Å². The van der Waals surface area contributed by atoms with E-state index in [0.717, 1.165) is 18.4 Å². The number of carboxylic acids is 1.